The van der Waals surface area contributed by atoms with E-state index in [0.717, 1.165) is 26.1 Å². The van der Waals surface area contributed by atoms with Crippen LogP contribution in [0.3, 0.4) is 0 Å². The molecule has 2 atom stereocenters. The summed E-state index contributed by atoms with van der Waals surface area (Å²) in [6, 6.07) is 0.675. The number of nitrogens with zero attached hydrogens (tertiary/aromatic N) is 1. The lowest BCUT2D eigenvalue weighted by Crippen LogP contribution is -2.47. The van der Waals surface area contributed by atoms with Gasteiger partial charge in [-0.25, -0.2) is 0 Å². The monoisotopic (exact) mass is 250 g/mol. The molecule has 0 aromatic carbocycles. The molecule has 2 unspecified atom stereocenters. The molecule has 1 aliphatic carbocycles. The van der Waals surface area contributed by atoms with E-state index in [4.69, 9.17) is 0 Å². The highest BCUT2D eigenvalue weighted by molar-refractivity contribution is 5.84. The van der Waals surface area contributed by atoms with Gasteiger partial charge in [0, 0.05) is 25.0 Å². The summed E-state index contributed by atoms with van der Waals surface area (Å²) < 4.78 is 0. The first-order chi connectivity index (χ1) is 8.35. The molecule has 0 aromatic rings. The molecule has 3 fully saturated rings. The van der Waals surface area contributed by atoms with E-state index >= 15 is 0 Å². The number of piperidine rings is 1. The number of fused-ring (bicyclic) bond motifs is 1. The summed E-state index contributed by atoms with van der Waals surface area (Å²) in [6.07, 6.45) is 2.38. The van der Waals surface area contributed by atoms with Gasteiger partial charge in [-0.1, -0.05) is 27.7 Å². The highest BCUT2D eigenvalue weighted by atomic mass is 16.2. The third kappa shape index (κ3) is 1.56. The summed E-state index contributed by atoms with van der Waals surface area (Å²) in [6.45, 7) is 12.0. The number of rotatable bonds is 1. The van der Waals surface area contributed by atoms with Gasteiger partial charge in [-0.15, -0.1) is 0 Å². The Morgan fingerprint density at radius 1 is 1.17 bits per heavy atom. The molecular weight excluding hydrogens is 224 g/mol. The summed E-state index contributed by atoms with van der Waals surface area (Å²) in [5.74, 6) is 1.35. The van der Waals surface area contributed by atoms with E-state index in [0.29, 0.717) is 17.9 Å². The SMILES string of the molecule is CC1(C)C(C(=O)N2CCC3NCCC3C2)C1(C)C. The van der Waals surface area contributed by atoms with Crippen molar-refractivity contribution >= 4 is 5.91 Å². The van der Waals surface area contributed by atoms with Gasteiger partial charge in [0.2, 0.25) is 5.91 Å². The van der Waals surface area contributed by atoms with Crippen LogP contribution in [0, 0.1) is 22.7 Å². The molecule has 2 aliphatic heterocycles. The Balaban J connectivity index is 1.68. The van der Waals surface area contributed by atoms with Gasteiger partial charge in [-0.05, 0) is 36.1 Å². The van der Waals surface area contributed by atoms with E-state index < -0.39 is 0 Å². The predicted octanol–water partition coefficient (Wildman–Crippen LogP) is 1.88. The summed E-state index contributed by atoms with van der Waals surface area (Å²) in [7, 11) is 0. The van der Waals surface area contributed by atoms with Crippen LogP contribution in [-0.4, -0.2) is 36.5 Å². The van der Waals surface area contributed by atoms with Crippen molar-refractivity contribution in [3.8, 4) is 0 Å². The first kappa shape index (κ1) is 12.5. The maximum absolute atomic E-state index is 12.7. The lowest BCUT2D eigenvalue weighted by atomic mass is 9.93. The molecule has 0 bridgehead atoms. The number of hydrogen-bond acceptors (Lipinski definition) is 2. The average Bonchev–Trinajstić information content (AvgIpc) is 2.69. The predicted molar refractivity (Wildman–Crippen MR) is 72.1 cm³/mol. The van der Waals surface area contributed by atoms with Crippen LogP contribution in [0.5, 0.6) is 0 Å². The molecule has 1 saturated carbocycles. The van der Waals surface area contributed by atoms with Crippen LogP contribution in [0.1, 0.15) is 40.5 Å². The molecule has 1 amide bonds. The molecule has 3 rings (SSSR count). The minimum atomic E-state index is 0.175. The van der Waals surface area contributed by atoms with Crippen molar-refractivity contribution < 1.29 is 4.79 Å². The van der Waals surface area contributed by atoms with Crippen molar-refractivity contribution in [3.63, 3.8) is 0 Å². The van der Waals surface area contributed by atoms with Gasteiger partial charge < -0.3 is 10.2 Å². The normalized spacial score (nSPS) is 37.4. The Kier molecular flexibility index (Phi) is 2.58. The van der Waals surface area contributed by atoms with Gasteiger partial charge in [-0.2, -0.15) is 0 Å². The maximum Gasteiger partial charge on any atom is 0.226 e. The number of likely N-dealkylation sites (tertiary alicyclic amines) is 1. The van der Waals surface area contributed by atoms with E-state index in [1.54, 1.807) is 0 Å². The number of carbonyl (C=O) groups is 1. The van der Waals surface area contributed by atoms with Gasteiger partial charge in [0.15, 0.2) is 0 Å². The van der Waals surface area contributed by atoms with Crippen LogP contribution < -0.4 is 5.32 Å². The van der Waals surface area contributed by atoms with E-state index in [1.165, 1.54) is 6.42 Å². The first-order valence-corrected chi connectivity index (χ1v) is 7.38. The van der Waals surface area contributed by atoms with Crippen molar-refractivity contribution in [2.24, 2.45) is 22.7 Å². The minimum absolute atomic E-state index is 0.175. The van der Waals surface area contributed by atoms with Gasteiger partial charge in [0.1, 0.15) is 0 Å². The van der Waals surface area contributed by atoms with Gasteiger partial charge in [-0.3, -0.25) is 4.79 Å². The average molecular weight is 250 g/mol. The van der Waals surface area contributed by atoms with Crippen molar-refractivity contribution in [2.75, 3.05) is 19.6 Å². The van der Waals surface area contributed by atoms with Crippen molar-refractivity contribution in [3.05, 3.63) is 0 Å². The van der Waals surface area contributed by atoms with Crippen LogP contribution in [0.15, 0.2) is 0 Å². The maximum atomic E-state index is 12.7. The van der Waals surface area contributed by atoms with E-state index in [2.05, 4.69) is 37.9 Å². The van der Waals surface area contributed by atoms with Crippen LogP contribution in [0.2, 0.25) is 0 Å². The summed E-state index contributed by atoms with van der Waals surface area (Å²) in [5.41, 5.74) is 0.351. The third-order valence-corrected chi connectivity index (χ3v) is 6.23. The Hall–Kier alpha value is -0.570. The van der Waals surface area contributed by atoms with E-state index in [-0.39, 0.29) is 16.7 Å². The molecule has 18 heavy (non-hydrogen) atoms. The minimum Gasteiger partial charge on any atom is -0.342 e. The molecule has 2 heterocycles. The Morgan fingerprint density at radius 2 is 1.83 bits per heavy atom. The highest BCUT2D eigenvalue weighted by Crippen LogP contribution is 2.68. The topological polar surface area (TPSA) is 32.3 Å². The zero-order valence-electron chi connectivity index (χ0n) is 12.1. The van der Waals surface area contributed by atoms with Crippen LogP contribution >= 0.6 is 0 Å². The molecule has 0 spiro atoms. The van der Waals surface area contributed by atoms with Crippen molar-refractivity contribution in [1.82, 2.24) is 10.2 Å². The Bertz CT molecular complexity index is 361. The molecule has 3 heteroatoms. The lowest BCUT2D eigenvalue weighted by molar-refractivity contribution is -0.135. The second-order valence-corrected chi connectivity index (χ2v) is 7.56. The molecule has 3 nitrogen and oxygen atoms in total. The summed E-state index contributed by atoms with van der Waals surface area (Å²) in [5, 5.41) is 3.56. The summed E-state index contributed by atoms with van der Waals surface area (Å²) >= 11 is 0. The molecule has 0 radical (unpaired) electrons. The van der Waals surface area contributed by atoms with Gasteiger partial charge in [0.05, 0.1) is 0 Å². The number of nitrogens with one attached hydrogen (secondary N) is 1. The largest absolute Gasteiger partial charge is 0.342 e. The smallest absolute Gasteiger partial charge is 0.226 e. The third-order valence-electron chi connectivity index (χ3n) is 6.23. The lowest BCUT2D eigenvalue weighted by Gasteiger charge is -2.35. The molecule has 102 valence electrons. The summed E-state index contributed by atoms with van der Waals surface area (Å²) in [4.78, 5) is 14.8. The van der Waals surface area contributed by atoms with Crippen LogP contribution in [0.25, 0.3) is 0 Å². The van der Waals surface area contributed by atoms with Crippen molar-refractivity contribution in [1.29, 1.82) is 0 Å². The number of hydrogen-bond donors (Lipinski definition) is 1. The quantitative estimate of drug-likeness (QED) is 0.770. The van der Waals surface area contributed by atoms with Crippen LogP contribution in [0.4, 0.5) is 0 Å². The van der Waals surface area contributed by atoms with Gasteiger partial charge >= 0.3 is 0 Å². The highest BCUT2D eigenvalue weighted by Gasteiger charge is 2.68. The number of carbonyl (C=O) groups excluding carboxylic acids is 1. The molecule has 1 N–H and O–H groups in total. The second-order valence-electron chi connectivity index (χ2n) is 7.56. The van der Waals surface area contributed by atoms with E-state index in [1.807, 2.05) is 0 Å². The second kappa shape index (κ2) is 3.72. The molecular formula is C15H26N2O. The first-order valence-electron chi connectivity index (χ1n) is 7.38. The molecule has 0 aromatic heterocycles. The Morgan fingerprint density at radius 3 is 2.44 bits per heavy atom. The fraction of sp³-hybridized carbons (Fsp3) is 0.933. The van der Waals surface area contributed by atoms with Crippen LogP contribution in [-0.2, 0) is 4.79 Å². The fourth-order valence-electron chi connectivity index (χ4n) is 4.24. The van der Waals surface area contributed by atoms with Gasteiger partial charge in [0.25, 0.3) is 0 Å². The standard InChI is InChI=1S/C15H26N2O/c1-14(2)12(15(14,3)4)13(18)17-8-6-11-10(9-17)5-7-16-11/h10-12,16H,5-9H2,1-4H3. The molecule has 3 aliphatic rings. The fourth-order valence-corrected chi connectivity index (χ4v) is 4.24. The zero-order valence-corrected chi connectivity index (χ0v) is 12.1. The van der Waals surface area contributed by atoms with Crippen molar-refractivity contribution in [2.45, 2.75) is 46.6 Å². The van der Waals surface area contributed by atoms with E-state index in [9.17, 15) is 4.79 Å². The zero-order chi connectivity index (χ0) is 13.1. The molecule has 2 saturated heterocycles. The Labute approximate surface area is 110 Å². The number of amides is 1.